The molecule has 0 aromatic rings. The number of esters is 1. The van der Waals surface area contributed by atoms with Gasteiger partial charge in [-0.15, -0.1) is 18.0 Å². The molecule has 1 atom stereocenters. The van der Waals surface area contributed by atoms with E-state index in [1.54, 1.807) is 6.92 Å². The molecule has 0 N–H and O–H groups in total. The first-order valence-corrected chi connectivity index (χ1v) is 4.45. The normalized spacial score (nSPS) is 11.8. The van der Waals surface area contributed by atoms with Crippen LogP contribution in [0, 0.1) is 12.3 Å². The number of alkyl halides is 1. The first kappa shape index (κ1) is 11.3. The van der Waals surface area contributed by atoms with Crippen molar-refractivity contribution in [3.05, 3.63) is 0 Å². The maximum atomic E-state index is 10.9. The maximum absolute atomic E-state index is 10.9. The lowest BCUT2D eigenvalue weighted by atomic mass is 10.2. The van der Waals surface area contributed by atoms with Crippen molar-refractivity contribution in [3.8, 4) is 12.3 Å². The summed E-state index contributed by atoms with van der Waals surface area (Å²) in [5.74, 6) is 2.65. The maximum Gasteiger partial charge on any atom is 0.307 e. The highest BCUT2D eigenvalue weighted by Crippen LogP contribution is 2.00. The second-order valence-corrected chi connectivity index (χ2v) is 2.82. The summed E-state index contributed by atoms with van der Waals surface area (Å²) in [4.78, 5) is 10.9. The number of hydrogen-bond donors (Lipinski definition) is 0. The second-order valence-electron chi connectivity index (χ2n) is 2.44. The zero-order valence-corrected chi connectivity index (χ0v) is 7.93. The zero-order chi connectivity index (χ0) is 9.40. The van der Waals surface area contributed by atoms with Crippen molar-refractivity contribution in [2.45, 2.75) is 32.3 Å². The summed E-state index contributed by atoms with van der Waals surface area (Å²) in [6.07, 6.45) is 6.60. The van der Waals surface area contributed by atoms with E-state index in [0.29, 0.717) is 12.3 Å². The van der Waals surface area contributed by atoms with Gasteiger partial charge < -0.3 is 4.74 Å². The molecule has 1 unspecified atom stereocenters. The highest BCUT2D eigenvalue weighted by molar-refractivity contribution is 6.17. The quantitative estimate of drug-likeness (QED) is 0.285. The lowest BCUT2D eigenvalue weighted by Gasteiger charge is -2.05. The van der Waals surface area contributed by atoms with Gasteiger partial charge in [0.2, 0.25) is 0 Å². The Labute approximate surface area is 78.2 Å². The van der Waals surface area contributed by atoms with E-state index >= 15 is 0 Å². The Bertz CT molecular complexity index is 172. The SMILES string of the molecule is C#CC(C)OC(=O)CCCCCl. The van der Waals surface area contributed by atoms with Gasteiger partial charge in [-0.05, 0) is 19.8 Å². The number of halogens is 1. The molecule has 0 fully saturated rings. The van der Waals surface area contributed by atoms with E-state index in [2.05, 4.69) is 5.92 Å². The summed E-state index contributed by atoms with van der Waals surface area (Å²) in [5, 5.41) is 0. The van der Waals surface area contributed by atoms with Crippen molar-refractivity contribution in [1.29, 1.82) is 0 Å². The van der Waals surface area contributed by atoms with Gasteiger partial charge in [0.05, 0.1) is 0 Å². The average molecular weight is 189 g/mol. The fourth-order valence-corrected chi connectivity index (χ4v) is 0.843. The van der Waals surface area contributed by atoms with Gasteiger partial charge in [0.15, 0.2) is 6.10 Å². The van der Waals surface area contributed by atoms with Crippen LogP contribution in [0.25, 0.3) is 0 Å². The molecule has 3 heteroatoms. The molecule has 0 rings (SSSR count). The van der Waals surface area contributed by atoms with Crippen molar-refractivity contribution in [2.24, 2.45) is 0 Å². The summed E-state index contributed by atoms with van der Waals surface area (Å²) in [6, 6.07) is 0. The largest absolute Gasteiger partial charge is 0.449 e. The minimum absolute atomic E-state index is 0.245. The van der Waals surface area contributed by atoms with E-state index in [1.165, 1.54) is 0 Å². The summed E-state index contributed by atoms with van der Waals surface area (Å²) in [6.45, 7) is 1.67. The minimum atomic E-state index is -0.423. The first-order chi connectivity index (χ1) is 5.70. The predicted molar refractivity (Wildman–Crippen MR) is 49.0 cm³/mol. The molecule has 0 aromatic heterocycles. The van der Waals surface area contributed by atoms with Crippen LogP contribution in [0.3, 0.4) is 0 Å². The standard InChI is InChI=1S/C9H13ClO2/c1-3-8(2)12-9(11)6-4-5-7-10/h1,8H,4-7H2,2H3. The Kier molecular flexibility index (Phi) is 6.60. The summed E-state index contributed by atoms with van der Waals surface area (Å²) < 4.78 is 4.83. The Morgan fingerprint density at radius 2 is 2.33 bits per heavy atom. The fraction of sp³-hybridized carbons (Fsp3) is 0.667. The van der Waals surface area contributed by atoms with Crippen molar-refractivity contribution >= 4 is 17.6 Å². The Balaban J connectivity index is 3.41. The van der Waals surface area contributed by atoms with Crippen molar-refractivity contribution < 1.29 is 9.53 Å². The van der Waals surface area contributed by atoms with Crippen LogP contribution in [0.4, 0.5) is 0 Å². The molecule has 0 aromatic carbocycles. The molecule has 0 amide bonds. The molecule has 0 saturated carbocycles. The van der Waals surface area contributed by atoms with E-state index in [1.807, 2.05) is 0 Å². The van der Waals surface area contributed by atoms with E-state index in [9.17, 15) is 4.79 Å². The van der Waals surface area contributed by atoms with Gasteiger partial charge >= 0.3 is 5.97 Å². The Morgan fingerprint density at radius 3 is 2.83 bits per heavy atom. The zero-order valence-electron chi connectivity index (χ0n) is 7.18. The molecule has 0 bridgehead atoms. The van der Waals surface area contributed by atoms with Crippen LogP contribution in [0.5, 0.6) is 0 Å². The summed E-state index contributed by atoms with van der Waals surface area (Å²) in [7, 11) is 0. The lowest BCUT2D eigenvalue weighted by Crippen LogP contribution is -2.12. The van der Waals surface area contributed by atoms with Crippen LogP contribution in [-0.2, 0) is 9.53 Å². The predicted octanol–water partition coefficient (Wildman–Crippen LogP) is 1.96. The number of carbonyl (C=O) groups excluding carboxylic acids is 1. The van der Waals surface area contributed by atoms with E-state index < -0.39 is 6.10 Å². The molecular formula is C9H13ClO2. The van der Waals surface area contributed by atoms with E-state index in [-0.39, 0.29) is 5.97 Å². The molecule has 0 aliphatic heterocycles. The summed E-state index contributed by atoms with van der Waals surface area (Å²) >= 11 is 5.43. The third kappa shape index (κ3) is 6.06. The number of hydrogen-bond acceptors (Lipinski definition) is 2. The van der Waals surface area contributed by atoms with Crippen LogP contribution >= 0.6 is 11.6 Å². The molecule has 68 valence electrons. The van der Waals surface area contributed by atoms with Gasteiger partial charge in [-0.25, -0.2) is 0 Å². The van der Waals surface area contributed by atoms with E-state index in [0.717, 1.165) is 12.8 Å². The molecule has 2 nitrogen and oxygen atoms in total. The number of carbonyl (C=O) groups is 1. The fourth-order valence-electron chi connectivity index (χ4n) is 0.654. The molecule has 0 aliphatic rings. The highest BCUT2D eigenvalue weighted by Gasteiger charge is 2.05. The third-order valence-electron chi connectivity index (χ3n) is 1.31. The van der Waals surface area contributed by atoms with Gasteiger partial charge in [-0.1, -0.05) is 5.92 Å². The molecule has 0 spiro atoms. The molecule has 0 aliphatic carbocycles. The van der Waals surface area contributed by atoms with Crippen LogP contribution in [-0.4, -0.2) is 18.0 Å². The number of unbranched alkanes of at least 4 members (excludes halogenated alkanes) is 1. The number of rotatable bonds is 5. The number of terminal acetylenes is 1. The van der Waals surface area contributed by atoms with Gasteiger partial charge in [0.1, 0.15) is 0 Å². The van der Waals surface area contributed by atoms with Gasteiger partial charge in [0, 0.05) is 12.3 Å². The molecule has 0 saturated heterocycles. The molecule has 0 radical (unpaired) electrons. The third-order valence-corrected chi connectivity index (χ3v) is 1.57. The Morgan fingerprint density at radius 1 is 1.67 bits per heavy atom. The highest BCUT2D eigenvalue weighted by atomic mass is 35.5. The van der Waals surface area contributed by atoms with Gasteiger partial charge in [-0.3, -0.25) is 4.79 Å². The van der Waals surface area contributed by atoms with Crippen LogP contribution in [0.15, 0.2) is 0 Å². The van der Waals surface area contributed by atoms with Crippen LogP contribution in [0.1, 0.15) is 26.2 Å². The number of ether oxygens (including phenoxy) is 1. The molecular weight excluding hydrogens is 176 g/mol. The smallest absolute Gasteiger partial charge is 0.307 e. The lowest BCUT2D eigenvalue weighted by molar-refractivity contribution is -0.145. The topological polar surface area (TPSA) is 26.3 Å². The molecule has 0 heterocycles. The average Bonchev–Trinajstić information content (AvgIpc) is 2.05. The van der Waals surface area contributed by atoms with Gasteiger partial charge in [-0.2, -0.15) is 0 Å². The van der Waals surface area contributed by atoms with Crippen molar-refractivity contribution in [1.82, 2.24) is 0 Å². The van der Waals surface area contributed by atoms with Gasteiger partial charge in [0.25, 0.3) is 0 Å². The van der Waals surface area contributed by atoms with Crippen LogP contribution in [0.2, 0.25) is 0 Å². The van der Waals surface area contributed by atoms with Crippen molar-refractivity contribution in [2.75, 3.05) is 5.88 Å². The Hall–Kier alpha value is -0.680. The van der Waals surface area contributed by atoms with E-state index in [4.69, 9.17) is 22.8 Å². The molecule has 12 heavy (non-hydrogen) atoms. The first-order valence-electron chi connectivity index (χ1n) is 3.92. The van der Waals surface area contributed by atoms with Crippen molar-refractivity contribution in [3.63, 3.8) is 0 Å². The van der Waals surface area contributed by atoms with Crippen LogP contribution < -0.4 is 0 Å². The minimum Gasteiger partial charge on any atom is -0.449 e. The second kappa shape index (κ2) is 7.00. The monoisotopic (exact) mass is 188 g/mol. The summed E-state index contributed by atoms with van der Waals surface area (Å²) in [5.41, 5.74) is 0.